The van der Waals surface area contributed by atoms with Crippen LogP contribution in [0.25, 0.3) is 0 Å². The Kier molecular flexibility index (Phi) is 4.49. The molecule has 0 aliphatic rings. The van der Waals surface area contributed by atoms with Crippen molar-refractivity contribution < 1.29 is 14.0 Å². The summed E-state index contributed by atoms with van der Waals surface area (Å²) in [4.78, 5) is 0. The van der Waals surface area contributed by atoms with Gasteiger partial charge in [0.15, 0.2) is 0 Å². The van der Waals surface area contributed by atoms with Gasteiger partial charge in [0.25, 0.3) is 0 Å². The van der Waals surface area contributed by atoms with Crippen molar-refractivity contribution in [1.29, 1.82) is 0 Å². The maximum Gasteiger partial charge on any atom is 0.236 e. The van der Waals surface area contributed by atoms with Crippen molar-refractivity contribution >= 4 is 11.2 Å². The Hall–Kier alpha value is 0.200. The molecule has 0 bridgehead atoms. The molecule has 1 unspecified atom stereocenters. The maximum absolute atomic E-state index is 11.1. The molecule has 0 aliphatic carbocycles. The number of alkyl halides is 1. The van der Waals surface area contributed by atoms with E-state index < -0.39 is 23.8 Å². The highest BCUT2D eigenvalue weighted by atomic mass is 32.2. The second-order valence-corrected chi connectivity index (χ2v) is 2.47. The van der Waals surface area contributed by atoms with E-state index in [0.717, 1.165) is 0 Å². The number of rotatable bonds is 3. The standard InChI is InChI=1S/C3H6FO2S/c4-1-2-7(6)3-5/h1-3H2. The lowest BCUT2D eigenvalue weighted by molar-refractivity contribution is 0.249. The van der Waals surface area contributed by atoms with E-state index in [9.17, 15) is 14.0 Å². The van der Waals surface area contributed by atoms with Gasteiger partial charge in [-0.1, -0.05) is 0 Å². The quantitative estimate of drug-likeness (QED) is 0.493. The van der Waals surface area contributed by atoms with Gasteiger partial charge < -0.3 is 4.55 Å². The van der Waals surface area contributed by atoms with Gasteiger partial charge in [-0.15, -0.1) is 0 Å². The molecule has 0 aromatic rings. The molecule has 0 saturated heterocycles. The minimum Gasteiger partial charge on any atom is -0.614 e. The largest absolute Gasteiger partial charge is 0.614 e. The molecule has 0 spiro atoms. The smallest absolute Gasteiger partial charge is 0.236 e. The highest BCUT2D eigenvalue weighted by molar-refractivity contribution is 7.91. The van der Waals surface area contributed by atoms with E-state index in [4.69, 9.17) is 0 Å². The molecule has 0 heterocycles. The third-order valence-corrected chi connectivity index (χ3v) is 1.31. The van der Waals surface area contributed by atoms with Crippen LogP contribution in [0.15, 0.2) is 0 Å². The molecule has 0 rings (SSSR count). The Morgan fingerprint density at radius 1 is 1.71 bits per heavy atom. The van der Waals surface area contributed by atoms with E-state index in [2.05, 4.69) is 0 Å². The molecule has 0 fully saturated rings. The van der Waals surface area contributed by atoms with Gasteiger partial charge in [-0.05, 0) is 11.2 Å². The average Bonchev–Trinajstić information content (AvgIpc) is 1.68. The minimum atomic E-state index is -1.46. The lowest BCUT2D eigenvalue weighted by Gasteiger charge is -2.00. The third kappa shape index (κ3) is 4.04. The molecule has 0 aliphatic heterocycles. The van der Waals surface area contributed by atoms with Gasteiger partial charge in [-0.2, -0.15) is 5.11 Å². The highest BCUT2D eigenvalue weighted by Gasteiger charge is 2.00. The first-order chi connectivity index (χ1) is 3.31. The molecule has 0 N–H and O–H groups in total. The molecule has 2 nitrogen and oxygen atoms in total. The van der Waals surface area contributed by atoms with Crippen LogP contribution in [0.4, 0.5) is 4.39 Å². The zero-order chi connectivity index (χ0) is 5.70. The topological polar surface area (TPSA) is 43.0 Å². The summed E-state index contributed by atoms with van der Waals surface area (Å²) in [6.45, 7) is -0.658. The summed E-state index contributed by atoms with van der Waals surface area (Å²) in [5.41, 5.74) is 0. The van der Waals surface area contributed by atoms with Gasteiger partial charge in [0, 0.05) is 0 Å². The molecule has 0 aromatic carbocycles. The van der Waals surface area contributed by atoms with Crippen molar-refractivity contribution in [2.45, 2.75) is 0 Å². The van der Waals surface area contributed by atoms with Gasteiger partial charge in [-0.25, -0.2) is 4.39 Å². The summed E-state index contributed by atoms with van der Waals surface area (Å²) >= 11 is -1.46. The number of hydrogen-bond donors (Lipinski definition) is 0. The van der Waals surface area contributed by atoms with Crippen LogP contribution in [-0.4, -0.2) is 22.9 Å². The maximum atomic E-state index is 11.1. The molecule has 0 aromatic heterocycles. The summed E-state index contributed by atoms with van der Waals surface area (Å²) in [5, 5.41) is 9.55. The predicted octanol–water partition coefficient (Wildman–Crippen LogP) is 0.0926. The molecule has 1 radical (unpaired) electrons. The van der Waals surface area contributed by atoms with Crippen molar-refractivity contribution in [3.8, 4) is 0 Å². The van der Waals surface area contributed by atoms with Crippen LogP contribution in [-0.2, 0) is 16.3 Å². The van der Waals surface area contributed by atoms with Gasteiger partial charge in [0.05, 0.1) is 0 Å². The van der Waals surface area contributed by atoms with E-state index in [1.807, 2.05) is 0 Å². The van der Waals surface area contributed by atoms with Crippen molar-refractivity contribution in [3.05, 3.63) is 0 Å². The lowest BCUT2D eigenvalue weighted by atomic mass is 10.9. The zero-order valence-corrected chi connectivity index (χ0v) is 4.54. The van der Waals surface area contributed by atoms with E-state index in [1.165, 1.54) is 0 Å². The van der Waals surface area contributed by atoms with Crippen LogP contribution in [0, 0.1) is 0 Å². The van der Waals surface area contributed by atoms with E-state index in [0.29, 0.717) is 0 Å². The Labute approximate surface area is 44.5 Å². The van der Waals surface area contributed by atoms with Crippen molar-refractivity contribution in [1.82, 2.24) is 0 Å². The molecule has 43 valence electrons. The van der Waals surface area contributed by atoms with Crippen LogP contribution >= 0.6 is 0 Å². The number of hydrogen-bond acceptors (Lipinski definition) is 1. The number of halogens is 1. The van der Waals surface area contributed by atoms with Gasteiger partial charge >= 0.3 is 0 Å². The van der Waals surface area contributed by atoms with Crippen molar-refractivity contribution in [2.75, 3.05) is 18.4 Å². The first-order valence-electron chi connectivity index (χ1n) is 1.80. The Morgan fingerprint density at radius 3 is 2.43 bits per heavy atom. The Balaban J connectivity index is 2.83. The molecule has 0 saturated carbocycles. The second-order valence-electron chi connectivity index (χ2n) is 0.951. The minimum absolute atomic E-state index is 0.108. The first kappa shape index (κ1) is 7.20. The molecule has 7 heavy (non-hydrogen) atoms. The average molecular weight is 125 g/mol. The second kappa shape index (κ2) is 4.36. The molecule has 4 heteroatoms. The van der Waals surface area contributed by atoms with Crippen LogP contribution in [0.2, 0.25) is 0 Å². The van der Waals surface area contributed by atoms with E-state index >= 15 is 0 Å². The van der Waals surface area contributed by atoms with Crippen molar-refractivity contribution in [2.24, 2.45) is 0 Å². The Bertz CT molecular complexity index is 43.9. The van der Waals surface area contributed by atoms with E-state index in [-0.39, 0.29) is 5.75 Å². The van der Waals surface area contributed by atoms with Crippen LogP contribution in [0.1, 0.15) is 0 Å². The molecule has 0 amide bonds. The summed E-state index contributed by atoms with van der Waals surface area (Å²) in [6, 6.07) is 0. The van der Waals surface area contributed by atoms with Crippen LogP contribution in [0.5, 0.6) is 0 Å². The fourth-order valence-electron chi connectivity index (χ4n) is 0.145. The molecule has 1 atom stereocenters. The third-order valence-electron chi connectivity index (χ3n) is 0.436. The summed E-state index contributed by atoms with van der Waals surface area (Å²) in [5.74, 6) is -0.784. The molecular weight excluding hydrogens is 119 g/mol. The predicted molar refractivity (Wildman–Crippen MR) is 24.5 cm³/mol. The fourth-order valence-corrected chi connectivity index (χ4v) is 0.435. The van der Waals surface area contributed by atoms with Gasteiger partial charge in [0.2, 0.25) is 5.94 Å². The SMILES string of the molecule is [O]C[S+]([O-])CCF. The summed E-state index contributed by atoms with van der Waals surface area (Å²) in [7, 11) is 0. The summed E-state index contributed by atoms with van der Waals surface area (Å²) < 4.78 is 21.1. The highest BCUT2D eigenvalue weighted by Crippen LogP contribution is 1.86. The monoisotopic (exact) mass is 125 g/mol. The summed E-state index contributed by atoms with van der Waals surface area (Å²) in [6.07, 6.45) is 0. The lowest BCUT2D eigenvalue weighted by Crippen LogP contribution is -2.10. The van der Waals surface area contributed by atoms with Crippen molar-refractivity contribution in [3.63, 3.8) is 0 Å². The fraction of sp³-hybridized carbons (Fsp3) is 1.00. The normalized spacial score (nSPS) is 14.1. The van der Waals surface area contributed by atoms with Gasteiger partial charge in [-0.3, -0.25) is 0 Å². The van der Waals surface area contributed by atoms with Gasteiger partial charge in [0.1, 0.15) is 12.4 Å². The zero-order valence-electron chi connectivity index (χ0n) is 3.72. The first-order valence-corrected chi connectivity index (χ1v) is 3.29. The molecular formula is C3H6FO2S. The van der Waals surface area contributed by atoms with Crippen LogP contribution in [0.3, 0.4) is 0 Å². The van der Waals surface area contributed by atoms with Crippen LogP contribution < -0.4 is 0 Å². The van der Waals surface area contributed by atoms with E-state index in [1.54, 1.807) is 0 Å². The Morgan fingerprint density at radius 2 is 2.29 bits per heavy atom.